The van der Waals surface area contributed by atoms with E-state index in [1.54, 1.807) is 24.4 Å². The van der Waals surface area contributed by atoms with Gasteiger partial charge in [-0.1, -0.05) is 0 Å². The summed E-state index contributed by atoms with van der Waals surface area (Å²) in [7, 11) is 0. The summed E-state index contributed by atoms with van der Waals surface area (Å²) in [5, 5.41) is 3.82. The lowest BCUT2D eigenvalue weighted by atomic mass is 10.2. The van der Waals surface area contributed by atoms with Crippen LogP contribution in [0.15, 0.2) is 59.5 Å². The number of aromatic amines is 1. The van der Waals surface area contributed by atoms with Crippen LogP contribution in [0.3, 0.4) is 0 Å². The van der Waals surface area contributed by atoms with Crippen molar-refractivity contribution < 1.29 is 9.18 Å². The Hall–Kier alpha value is -2.81. The van der Waals surface area contributed by atoms with E-state index in [1.807, 2.05) is 18.3 Å². The number of fused-ring (bicyclic) bond motifs is 1. The van der Waals surface area contributed by atoms with Gasteiger partial charge in [-0.05, 0) is 42.5 Å². The van der Waals surface area contributed by atoms with Crippen molar-refractivity contribution in [3.05, 3.63) is 65.9 Å². The molecule has 1 fully saturated rings. The zero-order valence-corrected chi connectivity index (χ0v) is 19.3. The lowest BCUT2D eigenvalue weighted by Gasteiger charge is -2.36. The number of hydrogen-bond donors (Lipinski definition) is 2. The number of aromatic nitrogens is 2. The van der Waals surface area contributed by atoms with Crippen LogP contribution in [-0.2, 0) is 4.79 Å². The Balaban J connectivity index is 0.00000121. The number of carbonyl (C=O) groups is 1. The van der Waals surface area contributed by atoms with Gasteiger partial charge in [0.15, 0.2) is 0 Å². The molecule has 4 heterocycles. The molecule has 2 aliphatic heterocycles. The molecule has 0 radical (unpaired) electrons. The average molecular weight is 500 g/mol. The quantitative estimate of drug-likeness (QED) is 0.528. The van der Waals surface area contributed by atoms with Crippen LogP contribution in [0.2, 0.25) is 0 Å². The van der Waals surface area contributed by atoms with E-state index < -0.39 is 0 Å². The summed E-state index contributed by atoms with van der Waals surface area (Å²) in [5.74, 6) is 0.137. The minimum atomic E-state index is -0.235. The Morgan fingerprint density at radius 1 is 0.969 bits per heavy atom. The summed E-state index contributed by atoms with van der Waals surface area (Å²) in [6.07, 6.45) is 5.32. The lowest BCUT2D eigenvalue weighted by Crippen LogP contribution is -2.52. The van der Waals surface area contributed by atoms with Crippen molar-refractivity contribution in [1.82, 2.24) is 20.2 Å². The number of halogens is 4. The van der Waals surface area contributed by atoms with E-state index in [-0.39, 0.29) is 48.9 Å². The second-order valence-electron chi connectivity index (χ2n) is 7.01. The molecule has 0 aliphatic carbocycles. The van der Waals surface area contributed by atoms with E-state index in [2.05, 4.69) is 30.1 Å². The van der Waals surface area contributed by atoms with Crippen molar-refractivity contribution in [3.8, 4) is 0 Å². The molecule has 0 bridgehead atoms. The minimum Gasteiger partial charge on any atom is -0.368 e. The number of carbonyl (C=O) groups excluding carboxylic acids is 1. The standard InChI is InChI=1S/C21H19FN6O.3ClH/c22-15-3-5-16(6-4-15)27-8-10-28(11-9-27)21-25-18(20(29)26-21)12-14-13-24-19-17(14)2-1-7-23-19;;;/h1-7,12-13H,8-11H2,(H,23,24)(H,25,26,29);3*1H. The third-order valence-electron chi connectivity index (χ3n) is 5.23. The van der Waals surface area contributed by atoms with Gasteiger partial charge in [0.1, 0.15) is 17.2 Å². The largest absolute Gasteiger partial charge is 0.368 e. The van der Waals surface area contributed by atoms with Crippen molar-refractivity contribution in [2.45, 2.75) is 0 Å². The predicted molar refractivity (Wildman–Crippen MR) is 132 cm³/mol. The molecule has 5 rings (SSSR count). The number of rotatable bonds is 2. The van der Waals surface area contributed by atoms with Gasteiger partial charge in [-0.15, -0.1) is 37.2 Å². The number of pyridine rings is 1. The van der Waals surface area contributed by atoms with Crippen LogP contribution in [0, 0.1) is 5.82 Å². The fourth-order valence-electron chi connectivity index (χ4n) is 3.68. The molecule has 0 saturated carbocycles. The second-order valence-corrected chi connectivity index (χ2v) is 7.01. The first kappa shape index (κ1) is 25.5. The maximum Gasteiger partial charge on any atom is 0.276 e. The third-order valence-corrected chi connectivity index (χ3v) is 5.23. The van der Waals surface area contributed by atoms with Crippen LogP contribution >= 0.6 is 37.2 Å². The van der Waals surface area contributed by atoms with E-state index in [0.29, 0.717) is 11.7 Å². The van der Waals surface area contributed by atoms with Crippen LogP contribution in [0.1, 0.15) is 5.56 Å². The molecule has 0 unspecified atom stereocenters. The number of nitrogens with zero attached hydrogens (tertiary/aromatic N) is 4. The highest BCUT2D eigenvalue weighted by atomic mass is 35.5. The molecule has 0 atom stereocenters. The molecule has 11 heteroatoms. The zero-order chi connectivity index (χ0) is 19.8. The van der Waals surface area contributed by atoms with Gasteiger partial charge >= 0.3 is 0 Å². The molecular formula is C21H22Cl3FN6O. The Bertz CT molecular complexity index is 1140. The number of amides is 1. The van der Waals surface area contributed by atoms with Gasteiger partial charge in [0.05, 0.1) is 0 Å². The summed E-state index contributed by atoms with van der Waals surface area (Å²) in [6, 6.07) is 10.3. The predicted octanol–water partition coefficient (Wildman–Crippen LogP) is 3.62. The van der Waals surface area contributed by atoms with Crippen molar-refractivity contribution >= 4 is 71.9 Å². The molecule has 0 spiro atoms. The summed E-state index contributed by atoms with van der Waals surface area (Å²) in [5.41, 5.74) is 3.03. The molecule has 7 nitrogen and oxygen atoms in total. The normalized spacial score (nSPS) is 16.7. The molecule has 1 saturated heterocycles. The number of benzene rings is 1. The first-order chi connectivity index (χ1) is 14.2. The maximum atomic E-state index is 13.1. The Kier molecular flexibility index (Phi) is 8.49. The monoisotopic (exact) mass is 498 g/mol. The number of anilines is 1. The van der Waals surface area contributed by atoms with Crippen molar-refractivity contribution in [2.24, 2.45) is 4.99 Å². The fraction of sp³-hybridized carbons (Fsp3) is 0.190. The molecule has 32 heavy (non-hydrogen) atoms. The minimum absolute atomic E-state index is 0. The van der Waals surface area contributed by atoms with Gasteiger partial charge in [0.25, 0.3) is 5.91 Å². The second kappa shape index (κ2) is 10.7. The number of nitrogens with one attached hydrogen (secondary N) is 2. The van der Waals surface area contributed by atoms with E-state index in [0.717, 1.165) is 48.5 Å². The Morgan fingerprint density at radius 3 is 2.38 bits per heavy atom. The topological polar surface area (TPSA) is 76.6 Å². The summed E-state index contributed by atoms with van der Waals surface area (Å²) in [6.45, 7) is 2.99. The summed E-state index contributed by atoms with van der Waals surface area (Å²) >= 11 is 0. The van der Waals surface area contributed by atoms with Gasteiger partial charge in [-0.3, -0.25) is 10.1 Å². The van der Waals surface area contributed by atoms with Crippen molar-refractivity contribution in [2.75, 3.05) is 31.1 Å². The highest BCUT2D eigenvalue weighted by molar-refractivity contribution is 6.14. The molecule has 2 aromatic heterocycles. The number of hydrogen-bond acceptors (Lipinski definition) is 5. The molecule has 2 aliphatic rings. The van der Waals surface area contributed by atoms with Crippen molar-refractivity contribution in [3.63, 3.8) is 0 Å². The fourth-order valence-corrected chi connectivity index (χ4v) is 3.68. The van der Waals surface area contributed by atoms with E-state index in [9.17, 15) is 9.18 Å². The SMILES string of the molecule is Cl.Cl.Cl.O=C1NC(N2CCN(c3ccc(F)cc3)CC2)=NC1=Cc1c[nH]c2ncccc12. The lowest BCUT2D eigenvalue weighted by molar-refractivity contribution is -0.115. The van der Waals surface area contributed by atoms with Crippen molar-refractivity contribution in [1.29, 1.82) is 0 Å². The number of H-pyrrole nitrogens is 1. The summed E-state index contributed by atoms with van der Waals surface area (Å²) in [4.78, 5) is 28.6. The molecule has 3 aromatic rings. The molecule has 2 N–H and O–H groups in total. The van der Waals surface area contributed by atoms with Crippen LogP contribution in [0.25, 0.3) is 17.1 Å². The zero-order valence-electron chi connectivity index (χ0n) is 16.8. The number of aliphatic imine (C=N–C) groups is 1. The third kappa shape index (κ3) is 4.98. The average Bonchev–Trinajstić information content (AvgIpc) is 3.33. The van der Waals surface area contributed by atoms with E-state index in [4.69, 9.17) is 0 Å². The molecular weight excluding hydrogens is 478 g/mol. The first-order valence-corrected chi connectivity index (χ1v) is 9.47. The van der Waals surface area contributed by atoms with Gasteiger partial charge in [0, 0.05) is 55.2 Å². The van der Waals surface area contributed by atoms with Crippen LogP contribution in [0.5, 0.6) is 0 Å². The van der Waals surface area contributed by atoms with Crippen LogP contribution in [-0.4, -0.2) is 52.9 Å². The Labute approximate surface area is 203 Å². The number of piperazine rings is 1. The molecule has 170 valence electrons. The molecule has 1 amide bonds. The van der Waals surface area contributed by atoms with E-state index in [1.165, 1.54) is 12.1 Å². The van der Waals surface area contributed by atoms with Gasteiger partial charge in [-0.25, -0.2) is 14.4 Å². The Morgan fingerprint density at radius 2 is 1.66 bits per heavy atom. The number of guanidine groups is 1. The van der Waals surface area contributed by atoms with Gasteiger partial charge < -0.3 is 14.8 Å². The maximum absolute atomic E-state index is 13.1. The smallest absolute Gasteiger partial charge is 0.276 e. The molecule has 1 aromatic carbocycles. The van der Waals surface area contributed by atoms with Crippen LogP contribution in [0.4, 0.5) is 10.1 Å². The first-order valence-electron chi connectivity index (χ1n) is 9.47. The highest BCUT2D eigenvalue weighted by Gasteiger charge is 2.27. The highest BCUT2D eigenvalue weighted by Crippen LogP contribution is 2.22. The summed E-state index contributed by atoms with van der Waals surface area (Å²) < 4.78 is 13.1. The van der Waals surface area contributed by atoms with Crippen LogP contribution < -0.4 is 10.2 Å². The van der Waals surface area contributed by atoms with E-state index >= 15 is 0 Å². The van der Waals surface area contributed by atoms with Gasteiger partial charge in [0.2, 0.25) is 5.96 Å². The van der Waals surface area contributed by atoms with Gasteiger partial charge in [-0.2, -0.15) is 0 Å².